The molecule has 4 rings (SSSR count). The van der Waals surface area contributed by atoms with E-state index in [0.29, 0.717) is 6.61 Å². The molecule has 0 saturated carbocycles. The molecule has 0 heterocycles. The summed E-state index contributed by atoms with van der Waals surface area (Å²) < 4.78 is 5.19. The van der Waals surface area contributed by atoms with Gasteiger partial charge < -0.3 is 4.74 Å². The lowest BCUT2D eigenvalue weighted by atomic mass is 9.95. The maximum atomic E-state index is 11.1. The number of carbonyl (C=O) groups excluding carboxylic acids is 1. The Bertz CT molecular complexity index is 937. The van der Waals surface area contributed by atoms with Crippen molar-refractivity contribution in [3.8, 4) is 0 Å². The molecule has 0 N–H and O–H groups in total. The van der Waals surface area contributed by atoms with E-state index in [1.807, 2.05) is 6.07 Å². The van der Waals surface area contributed by atoms with Crippen LogP contribution in [0.25, 0.3) is 22.4 Å². The quantitative estimate of drug-likeness (QED) is 0.508. The highest BCUT2D eigenvalue weighted by atomic mass is 16.5. The number of esters is 1. The first-order valence-electron chi connectivity index (χ1n) is 7.69. The van der Waals surface area contributed by atoms with Crippen molar-refractivity contribution in [2.75, 3.05) is 0 Å². The molecule has 3 aromatic carbocycles. The standard InChI is InChI=1S/C21H16O2/c1-14(22)23-13-17-10-11-19-20(15-6-3-2-4-7-15)12-16-8-5-9-18(17)21(16)19/h2-12H,13H2,1H3. The lowest BCUT2D eigenvalue weighted by Crippen LogP contribution is -2.00. The number of benzene rings is 3. The molecule has 1 aliphatic carbocycles. The van der Waals surface area contributed by atoms with E-state index in [-0.39, 0.29) is 5.97 Å². The van der Waals surface area contributed by atoms with Crippen molar-refractivity contribution in [3.63, 3.8) is 0 Å². The molecular weight excluding hydrogens is 284 g/mol. The highest BCUT2D eigenvalue weighted by Crippen LogP contribution is 2.41. The molecule has 0 saturated heterocycles. The van der Waals surface area contributed by atoms with E-state index >= 15 is 0 Å². The maximum absolute atomic E-state index is 11.1. The summed E-state index contributed by atoms with van der Waals surface area (Å²) in [6.45, 7) is 1.76. The van der Waals surface area contributed by atoms with Crippen molar-refractivity contribution < 1.29 is 9.53 Å². The number of hydrogen-bond donors (Lipinski definition) is 0. The first-order valence-corrected chi connectivity index (χ1v) is 7.69. The topological polar surface area (TPSA) is 26.3 Å². The maximum Gasteiger partial charge on any atom is 0.302 e. The van der Waals surface area contributed by atoms with E-state index < -0.39 is 0 Å². The summed E-state index contributed by atoms with van der Waals surface area (Å²) >= 11 is 0. The van der Waals surface area contributed by atoms with Crippen LogP contribution in [0.5, 0.6) is 0 Å². The van der Waals surface area contributed by atoms with Crippen molar-refractivity contribution >= 4 is 28.4 Å². The molecule has 2 nitrogen and oxygen atoms in total. The van der Waals surface area contributed by atoms with Crippen molar-refractivity contribution in [1.29, 1.82) is 0 Å². The molecule has 0 atom stereocenters. The second-order valence-electron chi connectivity index (χ2n) is 5.75. The molecular formula is C21H16O2. The molecule has 0 bridgehead atoms. The highest BCUT2D eigenvalue weighted by molar-refractivity contribution is 6.13. The molecule has 112 valence electrons. The Balaban J connectivity index is 1.86. The Kier molecular flexibility index (Phi) is 3.23. The third kappa shape index (κ3) is 2.33. The van der Waals surface area contributed by atoms with Gasteiger partial charge in [0.1, 0.15) is 6.61 Å². The van der Waals surface area contributed by atoms with Gasteiger partial charge in [0, 0.05) is 6.92 Å². The lowest BCUT2D eigenvalue weighted by molar-refractivity contribution is -0.142. The highest BCUT2D eigenvalue weighted by Gasteiger charge is 2.19. The summed E-state index contributed by atoms with van der Waals surface area (Å²) in [4.78, 5) is 11.1. The zero-order valence-corrected chi connectivity index (χ0v) is 12.9. The minimum absolute atomic E-state index is 0.253. The van der Waals surface area contributed by atoms with Crippen LogP contribution in [0.4, 0.5) is 0 Å². The first-order chi connectivity index (χ1) is 11.2. The van der Waals surface area contributed by atoms with E-state index in [2.05, 4.69) is 60.7 Å². The Hall–Kier alpha value is -2.87. The van der Waals surface area contributed by atoms with Gasteiger partial charge in [-0.15, -0.1) is 0 Å². The van der Waals surface area contributed by atoms with Gasteiger partial charge in [0.05, 0.1) is 0 Å². The monoisotopic (exact) mass is 300 g/mol. The molecule has 1 aliphatic rings. The Morgan fingerprint density at radius 3 is 2.57 bits per heavy atom. The summed E-state index contributed by atoms with van der Waals surface area (Å²) in [6, 6.07) is 20.9. The molecule has 0 spiro atoms. The van der Waals surface area contributed by atoms with Crippen molar-refractivity contribution in [1.82, 2.24) is 0 Å². The predicted octanol–water partition coefficient (Wildman–Crippen LogP) is 4.81. The van der Waals surface area contributed by atoms with E-state index in [9.17, 15) is 4.79 Å². The minimum Gasteiger partial charge on any atom is -0.461 e. The molecule has 2 heteroatoms. The SMILES string of the molecule is CC(=O)OCc1ccc2c3c(cccc13)C=C2c1ccccc1. The Labute approximate surface area is 135 Å². The van der Waals surface area contributed by atoms with Crippen LogP contribution in [-0.4, -0.2) is 5.97 Å². The number of hydrogen-bond acceptors (Lipinski definition) is 2. The average molecular weight is 300 g/mol. The molecule has 0 unspecified atom stereocenters. The molecule has 0 radical (unpaired) electrons. The average Bonchev–Trinajstić information content (AvgIpc) is 2.95. The van der Waals surface area contributed by atoms with Crippen LogP contribution in [0.2, 0.25) is 0 Å². The number of carbonyl (C=O) groups is 1. The largest absolute Gasteiger partial charge is 0.461 e. The van der Waals surface area contributed by atoms with E-state index in [1.54, 1.807) is 0 Å². The van der Waals surface area contributed by atoms with Crippen LogP contribution in [-0.2, 0) is 16.1 Å². The van der Waals surface area contributed by atoms with Gasteiger partial charge in [0.2, 0.25) is 0 Å². The summed E-state index contributed by atoms with van der Waals surface area (Å²) in [5.41, 5.74) is 5.98. The van der Waals surface area contributed by atoms with Crippen molar-refractivity contribution in [2.45, 2.75) is 13.5 Å². The predicted molar refractivity (Wildman–Crippen MR) is 92.8 cm³/mol. The van der Waals surface area contributed by atoms with Crippen molar-refractivity contribution in [2.24, 2.45) is 0 Å². The van der Waals surface area contributed by atoms with E-state index in [0.717, 1.165) is 10.9 Å². The van der Waals surface area contributed by atoms with Crippen LogP contribution in [0.1, 0.15) is 29.2 Å². The Morgan fingerprint density at radius 1 is 0.957 bits per heavy atom. The smallest absolute Gasteiger partial charge is 0.302 e. The van der Waals surface area contributed by atoms with Crippen LogP contribution >= 0.6 is 0 Å². The molecule has 23 heavy (non-hydrogen) atoms. The lowest BCUT2D eigenvalue weighted by Gasteiger charge is -2.11. The summed E-state index contributed by atoms with van der Waals surface area (Å²) in [5.74, 6) is -0.253. The van der Waals surface area contributed by atoms with Gasteiger partial charge in [0.15, 0.2) is 0 Å². The fourth-order valence-corrected chi connectivity index (χ4v) is 3.24. The first kappa shape index (κ1) is 13.8. The third-order valence-corrected chi connectivity index (χ3v) is 4.27. The molecule has 0 amide bonds. The second-order valence-corrected chi connectivity index (χ2v) is 5.75. The third-order valence-electron chi connectivity index (χ3n) is 4.27. The van der Waals surface area contributed by atoms with Gasteiger partial charge in [-0.1, -0.05) is 60.7 Å². The Morgan fingerprint density at radius 2 is 1.78 bits per heavy atom. The van der Waals surface area contributed by atoms with Gasteiger partial charge in [-0.3, -0.25) is 4.79 Å². The van der Waals surface area contributed by atoms with Gasteiger partial charge in [0.25, 0.3) is 0 Å². The van der Waals surface area contributed by atoms with Gasteiger partial charge in [-0.25, -0.2) is 0 Å². The molecule has 0 aliphatic heterocycles. The van der Waals surface area contributed by atoms with Crippen LogP contribution < -0.4 is 0 Å². The summed E-state index contributed by atoms with van der Waals surface area (Å²) in [6.07, 6.45) is 2.24. The van der Waals surface area contributed by atoms with Gasteiger partial charge in [-0.05, 0) is 44.7 Å². The summed E-state index contributed by atoms with van der Waals surface area (Å²) in [7, 11) is 0. The fraction of sp³-hybridized carbons (Fsp3) is 0.0952. The van der Waals surface area contributed by atoms with E-state index in [1.165, 1.54) is 34.6 Å². The normalized spacial score (nSPS) is 12.3. The minimum atomic E-state index is -0.253. The van der Waals surface area contributed by atoms with Crippen LogP contribution in [0.3, 0.4) is 0 Å². The van der Waals surface area contributed by atoms with E-state index in [4.69, 9.17) is 4.74 Å². The van der Waals surface area contributed by atoms with Gasteiger partial charge in [-0.2, -0.15) is 0 Å². The van der Waals surface area contributed by atoms with Crippen LogP contribution in [0, 0.1) is 0 Å². The van der Waals surface area contributed by atoms with Crippen molar-refractivity contribution in [3.05, 3.63) is 82.9 Å². The number of rotatable bonds is 3. The second kappa shape index (κ2) is 5.40. The van der Waals surface area contributed by atoms with Crippen LogP contribution in [0.15, 0.2) is 60.7 Å². The van der Waals surface area contributed by atoms with Gasteiger partial charge >= 0.3 is 5.97 Å². The molecule has 3 aromatic rings. The molecule has 0 fully saturated rings. The fourth-order valence-electron chi connectivity index (χ4n) is 3.24. The zero-order valence-electron chi connectivity index (χ0n) is 12.9. The molecule has 0 aromatic heterocycles. The summed E-state index contributed by atoms with van der Waals surface area (Å²) in [5, 5.41) is 2.40. The zero-order chi connectivity index (χ0) is 15.8. The number of ether oxygens (including phenoxy) is 1.